The van der Waals surface area contributed by atoms with Gasteiger partial charge in [-0.1, -0.05) is 23.7 Å². The van der Waals surface area contributed by atoms with Crippen molar-refractivity contribution in [2.24, 2.45) is 0 Å². The van der Waals surface area contributed by atoms with E-state index in [0.717, 1.165) is 0 Å². The lowest BCUT2D eigenvalue weighted by Gasteiger charge is -2.29. The molecule has 3 aromatic carbocycles. The number of aliphatic hydroxyl groups excluding tert-OH is 1. The van der Waals surface area contributed by atoms with Gasteiger partial charge in [-0.2, -0.15) is 0 Å². The van der Waals surface area contributed by atoms with E-state index in [1.54, 1.807) is 70.1 Å². The van der Waals surface area contributed by atoms with Gasteiger partial charge in [0.25, 0.3) is 5.91 Å². The first-order valence-electron chi connectivity index (χ1n) is 11.6. The van der Waals surface area contributed by atoms with Crippen LogP contribution in [0.15, 0.2) is 71.5 Å². The number of fused-ring (bicyclic) bond motifs is 1. The summed E-state index contributed by atoms with van der Waals surface area (Å²) >= 11 is 6.26. The molecule has 1 saturated heterocycles. The molecule has 0 saturated carbocycles. The lowest BCUT2D eigenvalue weighted by atomic mass is 10.1. The van der Waals surface area contributed by atoms with Gasteiger partial charge in [-0.05, 0) is 73.0 Å². The summed E-state index contributed by atoms with van der Waals surface area (Å²) in [7, 11) is 0. The van der Waals surface area contributed by atoms with E-state index in [9.17, 15) is 24.6 Å². The SMILES string of the molecule is O=C(O)c1cccc(Cn2c(=O)n(-c3ccc(C(=O)N4CCC(O)CC4)cc3)c3cc(Cl)ccc32)c1. The van der Waals surface area contributed by atoms with Gasteiger partial charge >= 0.3 is 11.7 Å². The molecule has 0 atom stereocenters. The molecule has 1 aliphatic rings. The number of carbonyl (C=O) groups excluding carboxylic acids is 1. The molecule has 0 unspecified atom stereocenters. The number of piperidine rings is 1. The zero-order chi connectivity index (χ0) is 25.4. The number of imidazole rings is 1. The average molecular weight is 506 g/mol. The Labute approximate surface area is 211 Å². The minimum Gasteiger partial charge on any atom is -0.478 e. The summed E-state index contributed by atoms with van der Waals surface area (Å²) in [5.74, 6) is -1.14. The molecule has 1 aliphatic heterocycles. The molecule has 2 N–H and O–H groups in total. The molecule has 1 fully saturated rings. The number of hydrogen-bond donors (Lipinski definition) is 2. The highest BCUT2D eigenvalue weighted by Gasteiger charge is 2.23. The number of carbonyl (C=O) groups is 2. The molecule has 1 aromatic heterocycles. The fourth-order valence-electron chi connectivity index (χ4n) is 4.62. The molecule has 0 spiro atoms. The van der Waals surface area contributed by atoms with Crippen LogP contribution in [0.4, 0.5) is 0 Å². The number of aromatic carboxylic acids is 1. The summed E-state index contributed by atoms with van der Waals surface area (Å²) in [6.45, 7) is 1.20. The Kier molecular flexibility index (Phi) is 6.38. The van der Waals surface area contributed by atoms with Crippen LogP contribution < -0.4 is 5.69 Å². The maximum absolute atomic E-state index is 13.6. The van der Waals surface area contributed by atoms with Crippen molar-refractivity contribution in [2.45, 2.75) is 25.5 Å². The molecular weight excluding hydrogens is 482 g/mol. The first-order chi connectivity index (χ1) is 17.3. The number of carboxylic acid groups (broad SMARTS) is 1. The molecular formula is C27H24ClN3O5. The standard InChI is InChI=1S/C27H24ClN3O5/c28-20-6-9-23-24(15-20)31(27(36)30(23)16-17-2-1-3-19(14-17)26(34)35)21-7-4-18(5-8-21)25(33)29-12-10-22(32)11-13-29/h1-9,14-15,22,32H,10-13,16H2,(H,34,35). The number of amides is 1. The van der Waals surface area contributed by atoms with Gasteiger partial charge in [0, 0.05) is 23.7 Å². The first-order valence-corrected chi connectivity index (χ1v) is 12.0. The van der Waals surface area contributed by atoms with Crippen molar-refractivity contribution in [3.05, 3.63) is 98.9 Å². The molecule has 4 aromatic rings. The number of aromatic nitrogens is 2. The van der Waals surface area contributed by atoms with Crippen LogP contribution in [0.3, 0.4) is 0 Å². The Hall–Kier alpha value is -3.88. The highest BCUT2D eigenvalue weighted by atomic mass is 35.5. The molecule has 9 heteroatoms. The quantitative estimate of drug-likeness (QED) is 0.429. The molecule has 1 amide bonds. The lowest BCUT2D eigenvalue weighted by molar-refractivity contribution is 0.0546. The normalized spacial score (nSPS) is 14.3. The predicted molar refractivity (Wildman–Crippen MR) is 136 cm³/mol. The van der Waals surface area contributed by atoms with Crippen LogP contribution in [-0.2, 0) is 6.54 Å². The van der Waals surface area contributed by atoms with Crippen molar-refractivity contribution in [3.63, 3.8) is 0 Å². The van der Waals surface area contributed by atoms with Crippen LogP contribution in [0.1, 0.15) is 39.1 Å². The average Bonchev–Trinajstić information content (AvgIpc) is 3.14. The first kappa shape index (κ1) is 23.8. The lowest BCUT2D eigenvalue weighted by Crippen LogP contribution is -2.40. The van der Waals surface area contributed by atoms with Crippen LogP contribution in [0.2, 0.25) is 5.02 Å². The highest BCUT2D eigenvalue weighted by Crippen LogP contribution is 2.24. The zero-order valence-electron chi connectivity index (χ0n) is 19.3. The van der Waals surface area contributed by atoms with Crippen LogP contribution in [0.5, 0.6) is 0 Å². The fourth-order valence-corrected chi connectivity index (χ4v) is 4.79. The van der Waals surface area contributed by atoms with Crippen molar-refractivity contribution in [1.82, 2.24) is 14.0 Å². The molecule has 36 heavy (non-hydrogen) atoms. The van der Waals surface area contributed by atoms with E-state index in [0.29, 0.717) is 58.8 Å². The van der Waals surface area contributed by atoms with Crippen LogP contribution in [-0.4, -0.2) is 55.3 Å². The summed E-state index contributed by atoms with van der Waals surface area (Å²) in [5, 5.41) is 19.5. The Balaban J connectivity index is 1.52. The number of hydrogen-bond acceptors (Lipinski definition) is 4. The number of halogens is 1. The highest BCUT2D eigenvalue weighted by molar-refractivity contribution is 6.31. The van der Waals surface area contributed by atoms with Crippen LogP contribution in [0.25, 0.3) is 16.7 Å². The van der Waals surface area contributed by atoms with Crippen molar-refractivity contribution < 1.29 is 19.8 Å². The maximum atomic E-state index is 13.6. The van der Waals surface area contributed by atoms with Crippen molar-refractivity contribution in [3.8, 4) is 5.69 Å². The summed E-state index contributed by atoms with van der Waals surface area (Å²) in [6.07, 6.45) is 0.767. The minimum atomic E-state index is -1.03. The summed E-state index contributed by atoms with van der Waals surface area (Å²) in [6, 6.07) is 18.5. The third-order valence-electron chi connectivity index (χ3n) is 6.53. The topological polar surface area (TPSA) is 105 Å². The van der Waals surface area contributed by atoms with E-state index in [1.165, 1.54) is 10.6 Å². The molecule has 0 aliphatic carbocycles. The van der Waals surface area contributed by atoms with Gasteiger partial charge < -0.3 is 15.1 Å². The number of likely N-dealkylation sites (tertiary alicyclic amines) is 1. The van der Waals surface area contributed by atoms with Crippen molar-refractivity contribution in [2.75, 3.05) is 13.1 Å². The Bertz CT molecular complexity index is 1510. The van der Waals surface area contributed by atoms with E-state index < -0.39 is 5.97 Å². The summed E-state index contributed by atoms with van der Waals surface area (Å²) in [4.78, 5) is 39.6. The maximum Gasteiger partial charge on any atom is 0.335 e. The largest absolute Gasteiger partial charge is 0.478 e. The van der Waals surface area contributed by atoms with E-state index in [1.807, 2.05) is 0 Å². The van der Waals surface area contributed by atoms with Crippen LogP contribution >= 0.6 is 11.6 Å². The van der Waals surface area contributed by atoms with E-state index in [2.05, 4.69) is 0 Å². The Morgan fingerprint density at radius 1 is 0.917 bits per heavy atom. The molecule has 184 valence electrons. The van der Waals surface area contributed by atoms with Gasteiger partial charge in [0.1, 0.15) is 0 Å². The molecule has 8 nitrogen and oxygen atoms in total. The smallest absolute Gasteiger partial charge is 0.335 e. The second-order valence-electron chi connectivity index (χ2n) is 8.91. The van der Waals surface area contributed by atoms with E-state index >= 15 is 0 Å². The Morgan fingerprint density at radius 2 is 1.64 bits per heavy atom. The number of benzene rings is 3. The second-order valence-corrected chi connectivity index (χ2v) is 9.35. The van der Waals surface area contributed by atoms with Gasteiger partial charge in [-0.15, -0.1) is 0 Å². The van der Waals surface area contributed by atoms with Gasteiger partial charge in [0.2, 0.25) is 0 Å². The molecule has 0 bridgehead atoms. The number of rotatable bonds is 5. The summed E-state index contributed by atoms with van der Waals surface area (Å²) in [5.41, 5.74) is 2.86. The van der Waals surface area contributed by atoms with Crippen molar-refractivity contribution >= 4 is 34.5 Å². The molecule has 0 radical (unpaired) electrons. The van der Waals surface area contributed by atoms with Gasteiger partial charge in [-0.3, -0.25) is 13.9 Å². The number of carboxylic acids is 1. The Morgan fingerprint density at radius 3 is 2.33 bits per heavy atom. The summed E-state index contributed by atoms with van der Waals surface area (Å²) < 4.78 is 3.11. The van der Waals surface area contributed by atoms with E-state index in [4.69, 9.17) is 11.6 Å². The molecule has 2 heterocycles. The van der Waals surface area contributed by atoms with Crippen molar-refractivity contribution in [1.29, 1.82) is 0 Å². The molecule has 5 rings (SSSR count). The third kappa shape index (κ3) is 4.53. The predicted octanol–water partition coefficient (Wildman–Crippen LogP) is 3.79. The number of aliphatic hydroxyl groups is 1. The van der Waals surface area contributed by atoms with Gasteiger partial charge in [0.15, 0.2) is 0 Å². The van der Waals surface area contributed by atoms with E-state index in [-0.39, 0.29) is 29.8 Å². The van der Waals surface area contributed by atoms with Gasteiger partial charge in [0.05, 0.1) is 34.9 Å². The van der Waals surface area contributed by atoms with Crippen LogP contribution in [0, 0.1) is 0 Å². The zero-order valence-corrected chi connectivity index (χ0v) is 20.1. The third-order valence-corrected chi connectivity index (χ3v) is 6.77. The fraction of sp³-hybridized carbons (Fsp3) is 0.222. The minimum absolute atomic E-state index is 0.107. The second kappa shape index (κ2) is 9.64. The number of nitrogens with zero attached hydrogens (tertiary/aromatic N) is 3. The monoisotopic (exact) mass is 505 g/mol. The van der Waals surface area contributed by atoms with Gasteiger partial charge in [-0.25, -0.2) is 9.59 Å².